The normalized spacial score (nSPS) is 15.8. The highest BCUT2D eigenvalue weighted by molar-refractivity contribution is 5.68. The highest BCUT2D eigenvalue weighted by atomic mass is 19.1. The van der Waals surface area contributed by atoms with Crippen molar-refractivity contribution in [1.29, 1.82) is 0 Å². The van der Waals surface area contributed by atoms with Crippen molar-refractivity contribution in [3.63, 3.8) is 0 Å². The van der Waals surface area contributed by atoms with Crippen molar-refractivity contribution in [2.75, 3.05) is 6.67 Å². The first-order valence-electron chi connectivity index (χ1n) is 9.66. The molecule has 4 aromatic rings. The lowest BCUT2D eigenvalue weighted by Gasteiger charge is -2.33. The lowest BCUT2D eigenvalue weighted by Crippen LogP contribution is -2.26. The molecular weight excluding hydrogens is 357 g/mol. The maximum atomic E-state index is 13.1. The van der Waals surface area contributed by atoms with E-state index in [-0.39, 0.29) is 12.7 Å². The second-order valence-electron chi connectivity index (χ2n) is 7.47. The topological polar surface area (TPSA) is 65.8 Å². The van der Waals surface area contributed by atoms with Crippen molar-refractivity contribution in [3.8, 4) is 22.6 Å². The molecule has 8 heteroatoms. The fourth-order valence-electron chi connectivity index (χ4n) is 3.98. The summed E-state index contributed by atoms with van der Waals surface area (Å²) in [4.78, 5) is 9.31. The summed E-state index contributed by atoms with van der Waals surface area (Å²) in [5.41, 5.74) is 3.47. The number of nitrogens with zero attached hydrogens (tertiary/aromatic N) is 7. The molecule has 4 heterocycles. The van der Waals surface area contributed by atoms with Gasteiger partial charge >= 0.3 is 0 Å². The maximum Gasteiger partial charge on any atom is 0.149 e. The molecule has 1 aliphatic rings. The molecule has 1 aliphatic carbocycles. The van der Waals surface area contributed by atoms with Crippen LogP contribution in [0, 0.1) is 5.92 Å². The summed E-state index contributed by atoms with van der Waals surface area (Å²) in [6.45, 7) is -0.323. The lowest BCUT2D eigenvalue weighted by atomic mass is 9.79. The molecular formula is C20H22FN7. The van der Waals surface area contributed by atoms with Gasteiger partial charge in [0.05, 0.1) is 36.4 Å². The number of imidazole rings is 1. The molecule has 0 bridgehead atoms. The van der Waals surface area contributed by atoms with E-state index < -0.39 is 0 Å². The standard InChI is InChI=1S/C20H22FN7/c1-26-12-15(10-23-26)17-9-19-22-7-8-27(19)20(25-17)16-11-24-28(13-16)18(5-6-21)14-3-2-4-14/h7-14,18H,2-6H2,1H3/t18-/m0/s1. The van der Waals surface area contributed by atoms with Crippen molar-refractivity contribution in [2.24, 2.45) is 13.0 Å². The number of alkyl halides is 1. The van der Waals surface area contributed by atoms with Gasteiger partial charge in [0.1, 0.15) is 11.5 Å². The highest BCUT2D eigenvalue weighted by Gasteiger charge is 2.29. The van der Waals surface area contributed by atoms with Crippen LogP contribution in [0.1, 0.15) is 31.7 Å². The average molecular weight is 379 g/mol. The van der Waals surface area contributed by atoms with Gasteiger partial charge < -0.3 is 0 Å². The Morgan fingerprint density at radius 1 is 1.18 bits per heavy atom. The van der Waals surface area contributed by atoms with Crippen LogP contribution in [0.5, 0.6) is 0 Å². The molecule has 5 rings (SSSR count). The predicted octanol–water partition coefficient (Wildman–Crippen LogP) is 3.69. The van der Waals surface area contributed by atoms with Gasteiger partial charge in [-0.25, -0.2) is 9.97 Å². The van der Waals surface area contributed by atoms with Gasteiger partial charge in [0.15, 0.2) is 0 Å². The van der Waals surface area contributed by atoms with E-state index in [1.165, 1.54) is 6.42 Å². The Balaban J connectivity index is 1.57. The molecule has 0 N–H and O–H groups in total. The summed E-state index contributed by atoms with van der Waals surface area (Å²) >= 11 is 0. The SMILES string of the molecule is Cn1cc(-c2cc3nccn3c(-c3cnn([C@@H](CCF)C4CCC4)c3)n2)cn1. The van der Waals surface area contributed by atoms with Gasteiger partial charge in [-0.05, 0) is 25.2 Å². The van der Waals surface area contributed by atoms with Crippen LogP contribution >= 0.6 is 0 Å². The van der Waals surface area contributed by atoms with Gasteiger partial charge in [-0.1, -0.05) is 6.42 Å². The van der Waals surface area contributed by atoms with Crippen LogP contribution in [-0.4, -0.2) is 40.6 Å². The minimum Gasteiger partial charge on any atom is -0.284 e. The Bertz CT molecular complexity index is 1100. The van der Waals surface area contributed by atoms with E-state index in [1.807, 2.05) is 47.0 Å². The van der Waals surface area contributed by atoms with Gasteiger partial charge in [-0.2, -0.15) is 10.2 Å². The van der Waals surface area contributed by atoms with Crippen molar-refractivity contribution >= 4 is 5.65 Å². The summed E-state index contributed by atoms with van der Waals surface area (Å²) in [6.07, 6.45) is 15.2. The van der Waals surface area contributed by atoms with Crippen molar-refractivity contribution in [1.82, 2.24) is 33.9 Å². The molecule has 4 aromatic heterocycles. The van der Waals surface area contributed by atoms with Crippen LogP contribution in [0.15, 0.2) is 43.2 Å². The van der Waals surface area contributed by atoms with E-state index in [4.69, 9.17) is 4.98 Å². The van der Waals surface area contributed by atoms with Gasteiger partial charge in [0.2, 0.25) is 0 Å². The molecule has 0 amide bonds. The molecule has 0 saturated heterocycles. The maximum absolute atomic E-state index is 13.1. The smallest absolute Gasteiger partial charge is 0.149 e. The predicted molar refractivity (Wildman–Crippen MR) is 103 cm³/mol. The summed E-state index contributed by atoms with van der Waals surface area (Å²) in [5.74, 6) is 1.29. The van der Waals surface area contributed by atoms with Crippen LogP contribution in [0.4, 0.5) is 4.39 Å². The number of hydrogen-bond donors (Lipinski definition) is 0. The van der Waals surface area contributed by atoms with E-state index in [9.17, 15) is 4.39 Å². The molecule has 0 unspecified atom stereocenters. The minimum absolute atomic E-state index is 0.118. The summed E-state index contributed by atoms with van der Waals surface area (Å²) < 4.78 is 18.8. The van der Waals surface area contributed by atoms with Crippen LogP contribution in [0.2, 0.25) is 0 Å². The van der Waals surface area contributed by atoms with Gasteiger partial charge in [-0.3, -0.25) is 18.2 Å². The van der Waals surface area contributed by atoms with Crippen LogP contribution in [0.25, 0.3) is 28.3 Å². The summed E-state index contributed by atoms with van der Waals surface area (Å²) in [7, 11) is 1.88. The second kappa shape index (κ2) is 6.85. The minimum atomic E-state index is -0.323. The third-order valence-electron chi connectivity index (χ3n) is 5.69. The zero-order valence-corrected chi connectivity index (χ0v) is 15.7. The number of hydrogen-bond acceptors (Lipinski definition) is 4. The Hall–Kier alpha value is -3.03. The molecule has 0 radical (unpaired) electrons. The molecule has 0 spiro atoms. The molecule has 144 valence electrons. The number of rotatable bonds is 6. The fourth-order valence-corrected chi connectivity index (χ4v) is 3.98. The van der Waals surface area contributed by atoms with Crippen molar-refractivity contribution in [3.05, 3.63) is 43.2 Å². The monoisotopic (exact) mass is 379 g/mol. The van der Waals surface area contributed by atoms with Crippen LogP contribution in [-0.2, 0) is 7.05 Å². The van der Waals surface area contributed by atoms with Crippen molar-refractivity contribution in [2.45, 2.75) is 31.7 Å². The molecule has 7 nitrogen and oxygen atoms in total. The van der Waals surface area contributed by atoms with E-state index in [1.54, 1.807) is 17.1 Å². The largest absolute Gasteiger partial charge is 0.284 e. The highest BCUT2D eigenvalue weighted by Crippen LogP contribution is 2.38. The second-order valence-corrected chi connectivity index (χ2v) is 7.47. The number of halogens is 1. The molecule has 1 atom stereocenters. The Morgan fingerprint density at radius 2 is 2.04 bits per heavy atom. The lowest BCUT2D eigenvalue weighted by molar-refractivity contribution is 0.176. The molecule has 1 fully saturated rings. The van der Waals surface area contributed by atoms with Crippen LogP contribution < -0.4 is 0 Å². The Labute approximate surface area is 161 Å². The molecule has 1 saturated carbocycles. The first-order valence-corrected chi connectivity index (χ1v) is 9.66. The quantitative estimate of drug-likeness (QED) is 0.512. The average Bonchev–Trinajstić information content (AvgIpc) is 3.39. The first kappa shape index (κ1) is 17.1. The summed E-state index contributed by atoms with van der Waals surface area (Å²) in [6, 6.07) is 2.07. The van der Waals surface area contributed by atoms with Gasteiger partial charge in [0, 0.05) is 43.5 Å². The van der Waals surface area contributed by atoms with E-state index in [0.717, 1.165) is 41.1 Å². The van der Waals surface area contributed by atoms with Crippen LogP contribution in [0.3, 0.4) is 0 Å². The third kappa shape index (κ3) is 2.89. The zero-order valence-electron chi connectivity index (χ0n) is 15.7. The zero-order chi connectivity index (χ0) is 19.1. The first-order chi connectivity index (χ1) is 13.7. The number of aromatic nitrogens is 7. The number of aryl methyl sites for hydroxylation is 1. The Kier molecular flexibility index (Phi) is 4.18. The van der Waals surface area contributed by atoms with E-state index in [2.05, 4.69) is 15.2 Å². The third-order valence-corrected chi connectivity index (χ3v) is 5.69. The molecule has 0 aliphatic heterocycles. The molecule has 0 aromatic carbocycles. The van der Waals surface area contributed by atoms with E-state index in [0.29, 0.717) is 12.3 Å². The molecule has 28 heavy (non-hydrogen) atoms. The summed E-state index contributed by atoms with van der Waals surface area (Å²) in [5, 5.41) is 8.82. The van der Waals surface area contributed by atoms with Gasteiger partial charge in [-0.15, -0.1) is 0 Å². The Morgan fingerprint density at radius 3 is 2.75 bits per heavy atom. The van der Waals surface area contributed by atoms with E-state index >= 15 is 0 Å². The van der Waals surface area contributed by atoms with Crippen molar-refractivity contribution < 1.29 is 4.39 Å². The number of fused-ring (bicyclic) bond motifs is 1. The van der Waals surface area contributed by atoms with Gasteiger partial charge in [0.25, 0.3) is 0 Å². The fraction of sp³-hybridized carbons (Fsp3) is 0.400.